The van der Waals surface area contributed by atoms with Crippen LogP contribution in [-0.2, 0) is 0 Å². The van der Waals surface area contributed by atoms with Crippen molar-refractivity contribution in [3.63, 3.8) is 0 Å². The monoisotopic (exact) mass is 237 g/mol. The van der Waals surface area contributed by atoms with Crippen molar-refractivity contribution in [1.29, 1.82) is 0 Å². The highest BCUT2D eigenvalue weighted by atomic mass is 16.4. The Morgan fingerprint density at radius 3 is 2.47 bits per heavy atom. The molecule has 0 spiro atoms. The van der Waals surface area contributed by atoms with Crippen molar-refractivity contribution in [3.8, 4) is 0 Å². The Morgan fingerprint density at radius 2 is 2.00 bits per heavy atom. The van der Waals surface area contributed by atoms with Crippen molar-refractivity contribution in [3.05, 3.63) is 17.6 Å². The van der Waals surface area contributed by atoms with Crippen LogP contribution in [0, 0.1) is 5.92 Å². The van der Waals surface area contributed by atoms with Crippen LogP contribution in [-0.4, -0.2) is 27.6 Å². The molecule has 0 aliphatic carbocycles. The first-order valence-electron chi connectivity index (χ1n) is 5.76. The second-order valence-electron chi connectivity index (χ2n) is 4.73. The lowest BCUT2D eigenvalue weighted by Crippen LogP contribution is -2.13. The summed E-state index contributed by atoms with van der Waals surface area (Å²) in [7, 11) is 0. The number of rotatable bonds is 5. The summed E-state index contributed by atoms with van der Waals surface area (Å²) in [5, 5.41) is 12.1. The van der Waals surface area contributed by atoms with Crippen molar-refractivity contribution in [2.45, 2.75) is 33.6 Å². The van der Waals surface area contributed by atoms with E-state index in [1.54, 1.807) is 0 Å². The summed E-state index contributed by atoms with van der Waals surface area (Å²) in [5.74, 6) is 0.683. The smallest absolute Gasteiger partial charge is 0.354 e. The number of carboxylic acid groups (broad SMARTS) is 1. The number of anilines is 1. The quantitative estimate of drug-likeness (QED) is 0.822. The molecular formula is C12H19N3O2. The number of carbonyl (C=O) groups is 1. The molecule has 0 saturated carbocycles. The van der Waals surface area contributed by atoms with Gasteiger partial charge in [-0.3, -0.25) is 0 Å². The Bertz CT molecular complexity index is 403. The summed E-state index contributed by atoms with van der Waals surface area (Å²) >= 11 is 0. The molecule has 0 atom stereocenters. The number of nitrogens with zero attached hydrogens (tertiary/aromatic N) is 2. The third-order valence-electron chi connectivity index (χ3n) is 2.17. The zero-order valence-corrected chi connectivity index (χ0v) is 10.7. The van der Waals surface area contributed by atoms with Crippen LogP contribution in [0.2, 0.25) is 0 Å². The van der Waals surface area contributed by atoms with Gasteiger partial charge in [0, 0.05) is 18.5 Å². The molecule has 1 aromatic heterocycles. The van der Waals surface area contributed by atoms with Crippen LogP contribution >= 0.6 is 0 Å². The molecule has 0 bridgehead atoms. The maximum absolute atomic E-state index is 10.9. The molecule has 1 aromatic rings. The standard InChI is InChI=1S/C12H19N3O2/c1-7(2)6-13-10-5-9(12(16)17)14-11(15-10)8(3)4/h5,7-8H,6H2,1-4H3,(H,16,17)(H,13,14,15). The zero-order valence-electron chi connectivity index (χ0n) is 10.7. The van der Waals surface area contributed by atoms with Crippen molar-refractivity contribution in [2.24, 2.45) is 5.92 Å². The molecular weight excluding hydrogens is 218 g/mol. The Balaban J connectivity index is 2.99. The van der Waals surface area contributed by atoms with Crippen LogP contribution in [0.25, 0.3) is 0 Å². The SMILES string of the molecule is CC(C)CNc1cc(C(=O)O)nc(C(C)C)n1. The zero-order chi connectivity index (χ0) is 13.0. The highest BCUT2D eigenvalue weighted by molar-refractivity contribution is 5.86. The third-order valence-corrected chi connectivity index (χ3v) is 2.17. The Hall–Kier alpha value is -1.65. The molecule has 0 radical (unpaired) electrons. The Labute approximate surface area is 101 Å². The molecule has 0 aliphatic heterocycles. The van der Waals surface area contributed by atoms with Crippen molar-refractivity contribution in [2.75, 3.05) is 11.9 Å². The van der Waals surface area contributed by atoms with Crippen molar-refractivity contribution >= 4 is 11.8 Å². The van der Waals surface area contributed by atoms with Crippen LogP contribution < -0.4 is 5.32 Å². The number of hydrogen-bond acceptors (Lipinski definition) is 4. The van der Waals surface area contributed by atoms with E-state index >= 15 is 0 Å². The summed E-state index contributed by atoms with van der Waals surface area (Å²) in [4.78, 5) is 19.3. The van der Waals surface area contributed by atoms with Gasteiger partial charge in [0.15, 0.2) is 5.69 Å². The molecule has 0 aliphatic rings. The van der Waals surface area contributed by atoms with E-state index in [2.05, 4.69) is 29.1 Å². The van der Waals surface area contributed by atoms with E-state index in [0.29, 0.717) is 17.6 Å². The normalized spacial score (nSPS) is 10.9. The summed E-state index contributed by atoms with van der Waals surface area (Å²) in [6.07, 6.45) is 0. The largest absolute Gasteiger partial charge is 0.477 e. The van der Waals surface area contributed by atoms with Gasteiger partial charge in [0.1, 0.15) is 11.6 Å². The molecule has 5 nitrogen and oxygen atoms in total. The van der Waals surface area contributed by atoms with Gasteiger partial charge in [0.2, 0.25) is 0 Å². The molecule has 94 valence electrons. The first-order chi connectivity index (χ1) is 7.90. The molecule has 5 heteroatoms. The minimum Gasteiger partial charge on any atom is -0.477 e. The summed E-state index contributed by atoms with van der Waals surface area (Å²) in [5.41, 5.74) is 0.0370. The van der Waals surface area contributed by atoms with Crippen LogP contribution in [0.3, 0.4) is 0 Å². The fourth-order valence-corrected chi connectivity index (χ4v) is 1.23. The van der Waals surface area contributed by atoms with Gasteiger partial charge < -0.3 is 10.4 Å². The summed E-state index contributed by atoms with van der Waals surface area (Å²) < 4.78 is 0. The fourth-order valence-electron chi connectivity index (χ4n) is 1.23. The van der Waals surface area contributed by atoms with E-state index in [9.17, 15) is 4.79 Å². The summed E-state index contributed by atoms with van der Waals surface area (Å²) in [6, 6.07) is 1.47. The number of nitrogens with one attached hydrogen (secondary N) is 1. The number of carboxylic acids is 1. The van der Waals surface area contributed by atoms with Crippen LogP contribution in [0.15, 0.2) is 6.07 Å². The number of aromatic carboxylic acids is 1. The van der Waals surface area contributed by atoms with Gasteiger partial charge in [-0.05, 0) is 5.92 Å². The fraction of sp³-hybridized carbons (Fsp3) is 0.583. The second kappa shape index (κ2) is 5.61. The number of hydrogen-bond donors (Lipinski definition) is 2. The molecule has 0 amide bonds. The van der Waals surface area contributed by atoms with Crippen molar-refractivity contribution in [1.82, 2.24) is 9.97 Å². The van der Waals surface area contributed by atoms with Gasteiger partial charge in [0.05, 0.1) is 0 Å². The van der Waals surface area contributed by atoms with Gasteiger partial charge in [0.25, 0.3) is 0 Å². The lowest BCUT2D eigenvalue weighted by molar-refractivity contribution is 0.0690. The minimum absolute atomic E-state index is 0.0370. The predicted molar refractivity (Wildman–Crippen MR) is 66.4 cm³/mol. The summed E-state index contributed by atoms with van der Waals surface area (Å²) in [6.45, 7) is 8.79. The predicted octanol–water partition coefficient (Wildman–Crippen LogP) is 2.37. The molecule has 1 rings (SSSR count). The molecule has 0 saturated heterocycles. The topological polar surface area (TPSA) is 75.1 Å². The average Bonchev–Trinajstić information content (AvgIpc) is 2.25. The maximum Gasteiger partial charge on any atom is 0.354 e. The van der Waals surface area contributed by atoms with E-state index in [0.717, 1.165) is 6.54 Å². The van der Waals surface area contributed by atoms with E-state index in [-0.39, 0.29) is 11.6 Å². The van der Waals surface area contributed by atoms with Gasteiger partial charge in [-0.15, -0.1) is 0 Å². The van der Waals surface area contributed by atoms with E-state index in [4.69, 9.17) is 5.11 Å². The Kier molecular flexibility index (Phi) is 4.43. The van der Waals surface area contributed by atoms with E-state index < -0.39 is 5.97 Å². The molecule has 0 unspecified atom stereocenters. The van der Waals surface area contributed by atoms with E-state index in [1.807, 2.05) is 13.8 Å². The van der Waals surface area contributed by atoms with Gasteiger partial charge in [-0.25, -0.2) is 14.8 Å². The van der Waals surface area contributed by atoms with Gasteiger partial charge >= 0.3 is 5.97 Å². The Morgan fingerprint density at radius 1 is 1.35 bits per heavy atom. The second-order valence-corrected chi connectivity index (χ2v) is 4.73. The third kappa shape index (κ3) is 4.01. The molecule has 17 heavy (non-hydrogen) atoms. The van der Waals surface area contributed by atoms with Crippen molar-refractivity contribution < 1.29 is 9.90 Å². The molecule has 1 heterocycles. The molecule has 0 fully saturated rings. The molecule has 0 aromatic carbocycles. The lowest BCUT2D eigenvalue weighted by atomic mass is 10.2. The first-order valence-corrected chi connectivity index (χ1v) is 5.76. The van der Waals surface area contributed by atoms with E-state index in [1.165, 1.54) is 6.07 Å². The number of aromatic nitrogens is 2. The average molecular weight is 237 g/mol. The highest BCUT2D eigenvalue weighted by Gasteiger charge is 2.12. The van der Waals surface area contributed by atoms with Gasteiger partial charge in [-0.2, -0.15) is 0 Å². The highest BCUT2D eigenvalue weighted by Crippen LogP contribution is 2.14. The van der Waals surface area contributed by atoms with Crippen LogP contribution in [0.1, 0.15) is 49.9 Å². The van der Waals surface area contributed by atoms with Crippen LogP contribution in [0.5, 0.6) is 0 Å². The van der Waals surface area contributed by atoms with Gasteiger partial charge in [-0.1, -0.05) is 27.7 Å². The lowest BCUT2D eigenvalue weighted by Gasteiger charge is -2.11. The maximum atomic E-state index is 10.9. The van der Waals surface area contributed by atoms with Crippen LogP contribution in [0.4, 0.5) is 5.82 Å². The first kappa shape index (κ1) is 13.4. The molecule has 2 N–H and O–H groups in total. The minimum atomic E-state index is -1.03.